The number of sulfone groups is 1. The van der Waals surface area contributed by atoms with Crippen molar-refractivity contribution in [2.45, 2.75) is 36.9 Å². The first-order chi connectivity index (χ1) is 10.4. The number of nitriles is 1. The van der Waals surface area contributed by atoms with Crippen molar-refractivity contribution in [1.29, 1.82) is 5.26 Å². The van der Waals surface area contributed by atoms with Gasteiger partial charge in [0, 0.05) is 6.26 Å². The van der Waals surface area contributed by atoms with E-state index >= 15 is 0 Å². The zero-order valence-corrected chi connectivity index (χ0v) is 13.3. The third-order valence-electron chi connectivity index (χ3n) is 2.77. The molecule has 126 valence electrons. The van der Waals surface area contributed by atoms with Crippen molar-refractivity contribution < 1.29 is 31.1 Å². The lowest BCUT2D eigenvalue weighted by molar-refractivity contribution is -0.147. The van der Waals surface area contributed by atoms with Gasteiger partial charge >= 0.3 is 12.1 Å². The van der Waals surface area contributed by atoms with E-state index < -0.39 is 44.5 Å². The number of alkyl halides is 3. The highest BCUT2D eigenvalue weighted by Crippen LogP contribution is 2.34. The van der Waals surface area contributed by atoms with Gasteiger partial charge in [-0.3, -0.25) is 4.79 Å². The summed E-state index contributed by atoms with van der Waals surface area (Å²) in [6.45, 7) is 3.05. The molecule has 0 aliphatic carbocycles. The van der Waals surface area contributed by atoms with Gasteiger partial charge in [0.1, 0.15) is 0 Å². The molecule has 9 heteroatoms. The van der Waals surface area contributed by atoms with Crippen molar-refractivity contribution in [1.82, 2.24) is 0 Å². The first kappa shape index (κ1) is 19.0. The molecule has 0 saturated heterocycles. The number of carbonyl (C=O) groups excluding carboxylic acids is 1. The Hall–Kier alpha value is -2.08. The minimum absolute atomic E-state index is 0.339. The number of benzene rings is 1. The van der Waals surface area contributed by atoms with Crippen LogP contribution in [0.5, 0.6) is 0 Å². The Morgan fingerprint density at radius 3 is 2.26 bits per heavy atom. The molecule has 0 N–H and O–H groups in total. The lowest BCUT2D eigenvalue weighted by atomic mass is 9.99. The van der Waals surface area contributed by atoms with Crippen LogP contribution < -0.4 is 0 Å². The van der Waals surface area contributed by atoms with E-state index in [1.165, 1.54) is 13.8 Å². The second-order valence-corrected chi connectivity index (χ2v) is 7.05. The van der Waals surface area contributed by atoms with Gasteiger partial charge in [-0.1, -0.05) is 6.07 Å². The topological polar surface area (TPSA) is 84.2 Å². The lowest BCUT2D eigenvalue weighted by Gasteiger charge is -2.16. The molecule has 0 bridgehead atoms. The molecule has 0 saturated carbocycles. The van der Waals surface area contributed by atoms with E-state index in [-0.39, 0.29) is 5.56 Å². The normalized spacial score (nSPS) is 13.5. The van der Waals surface area contributed by atoms with Crippen molar-refractivity contribution in [3.8, 4) is 6.07 Å². The number of ether oxygens (including phenoxy) is 1. The summed E-state index contributed by atoms with van der Waals surface area (Å²) < 4.78 is 66.6. The maximum atomic E-state index is 12.7. The number of nitrogens with zero attached hydrogens (tertiary/aromatic N) is 1. The quantitative estimate of drug-likeness (QED) is 0.780. The fourth-order valence-electron chi connectivity index (χ4n) is 1.82. The van der Waals surface area contributed by atoms with E-state index in [4.69, 9.17) is 10.00 Å². The predicted octanol–water partition coefficient (Wildman–Crippen LogP) is 2.67. The molecule has 1 aromatic carbocycles. The first-order valence-electron chi connectivity index (χ1n) is 6.39. The van der Waals surface area contributed by atoms with Crippen molar-refractivity contribution in [3.05, 3.63) is 29.3 Å². The fourth-order valence-corrected chi connectivity index (χ4v) is 2.77. The molecule has 0 heterocycles. The van der Waals surface area contributed by atoms with Crippen LogP contribution in [-0.2, 0) is 25.5 Å². The summed E-state index contributed by atoms with van der Waals surface area (Å²) >= 11 is 0. The van der Waals surface area contributed by atoms with Gasteiger partial charge in [0.15, 0.2) is 15.8 Å². The summed E-state index contributed by atoms with van der Waals surface area (Å²) in [4.78, 5) is 11.2. The van der Waals surface area contributed by atoms with Gasteiger partial charge in [-0.2, -0.15) is 18.4 Å². The summed E-state index contributed by atoms with van der Waals surface area (Å²) in [6, 6.07) is 3.42. The molecule has 1 aromatic rings. The van der Waals surface area contributed by atoms with E-state index in [1.807, 2.05) is 0 Å². The van der Waals surface area contributed by atoms with Crippen LogP contribution in [0.15, 0.2) is 23.1 Å². The molecule has 1 unspecified atom stereocenters. The van der Waals surface area contributed by atoms with E-state index in [0.29, 0.717) is 18.4 Å². The summed E-state index contributed by atoms with van der Waals surface area (Å²) in [5.41, 5.74) is -1.52. The Labute approximate surface area is 131 Å². The molecule has 0 spiro atoms. The monoisotopic (exact) mass is 349 g/mol. The van der Waals surface area contributed by atoms with Crippen molar-refractivity contribution in [2.24, 2.45) is 0 Å². The summed E-state index contributed by atoms with van der Waals surface area (Å²) in [7, 11) is -4.09. The summed E-state index contributed by atoms with van der Waals surface area (Å²) in [5.74, 6) is -2.66. The van der Waals surface area contributed by atoms with Crippen LogP contribution in [0.3, 0.4) is 0 Å². The fraction of sp³-hybridized carbons (Fsp3) is 0.429. The van der Waals surface area contributed by atoms with E-state index in [0.717, 1.165) is 6.07 Å². The van der Waals surface area contributed by atoms with Gasteiger partial charge in [0.05, 0.1) is 22.6 Å². The Morgan fingerprint density at radius 2 is 1.87 bits per heavy atom. The number of rotatable bonds is 4. The molecule has 23 heavy (non-hydrogen) atoms. The Bertz CT molecular complexity index is 748. The zero-order valence-electron chi connectivity index (χ0n) is 12.5. The largest absolute Gasteiger partial charge is 0.462 e. The van der Waals surface area contributed by atoms with E-state index in [1.54, 1.807) is 6.07 Å². The van der Waals surface area contributed by atoms with Gasteiger partial charge in [0.2, 0.25) is 0 Å². The molecular formula is C14H14F3NO4S. The Balaban J connectivity index is 3.52. The van der Waals surface area contributed by atoms with Crippen LogP contribution in [0.4, 0.5) is 13.2 Å². The average molecular weight is 349 g/mol. The predicted molar refractivity (Wildman–Crippen MR) is 74.1 cm³/mol. The SMILES string of the molecule is CC(C)OC(=O)C(C#N)c1ccc(C(F)(F)F)cc1S(C)(=O)=O. The lowest BCUT2D eigenvalue weighted by Crippen LogP contribution is -2.21. The Kier molecular flexibility index (Phi) is 5.43. The molecule has 5 nitrogen and oxygen atoms in total. The second kappa shape index (κ2) is 6.58. The van der Waals surface area contributed by atoms with Crippen LogP contribution >= 0.6 is 0 Å². The molecule has 1 atom stereocenters. The first-order valence-corrected chi connectivity index (χ1v) is 8.28. The van der Waals surface area contributed by atoms with Crippen molar-refractivity contribution >= 4 is 15.8 Å². The van der Waals surface area contributed by atoms with Crippen molar-refractivity contribution in [2.75, 3.05) is 6.26 Å². The summed E-state index contributed by atoms with van der Waals surface area (Å²) in [5, 5.41) is 9.11. The standard InChI is InChI=1S/C14H14F3NO4S/c1-8(2)22-13(19)11(7-18)10-5-4-9(14(15,16)17)6-12(10)23(3,20)21/h4-6,8,11H,1-3H3. The molecule has 0 amide bonds. The molecule has 0 fully saturated rings. The van der Waals surface area contributed by atoms with E-state index in [9.17, 15) is 26.4 Å². The number of hydrogen-bond donors (Lipinski definition) is 0. The number of hydrogen-bond acceptors (Lipinski definition) is 5. The molecule has 0 aliphatic rings. The highest BCUT2D eigenvalue weighted by molar-refractivity contribution is 7.90. The van der Waals surface area contributed by atoms with Gasteiger partial charge in [0.25, 0.3) is 0 Å². The molecule has 0 aliphatic heterocycles. The third-order valence-corrected chi connectivity index (χ3v) is 3.92. The highest BCUT2D eigenvalue weighted by Gasteiger charge is 2.35. The average Bonchev–Trinajstić information content (AvgIpc) is 2.36. The van der Waals surface area contributed by atoms with Crippen LogP contribution in [-0.4, -0.2) is 26.7 Å². The number of halogens is 3. The summed E-state index contributed by atoms with van der Waals surface area (Å²) in [6.07, 6.45) is -4.61. The molecule has 0 radical (unpaired) electrons. The minimum atomic E-state index is -4.75. The van der Waals surface area contributed by atoms with Crippen molar-refractivity contribution in [3.63, 3.8) is 0 Å². The molecular weight excluding hydrogens is 335 g/mol. The number of carbonyl (C=O) groups is 1. The molecule has 1 rings (SSSR count). The van der Waals surface area contributed by atoms with Crippen LogP contribution in [0.2, 0.25) is 0 Å². The van der Waals surface area contributed by atoms with Gasteiger partial charge < -0.3 is 4.74 Å². The zero-order chi connectivity index (χ0) is 18.0. The van der Waals surface area contributed by atoms with Gasteiger partial charge in [-0.05, 0) is 31.5 Å². The van der Waals surface area contributed by atoms with Crippen LogP contribution in [0.25, 0.3) is 0 Å². The van der Waals surface area contributed by atoms with Crippen LogP contribution in [0, 0.1) is 11.3 Å². The third kappa shape index (κ3) is 4.69. The number of esters is 1. The minimum Gasteiger partial charge on any atom is -0.462 e. The van der Waals surface area contributed by atoms with E-state index in [2.05, 4.69) is 0 Å². The maximum Gasteiger partial charge on any atom is 0.416 e. The van der Waals surface area contributed by atoms with Gasteiger partial charge in [-0.15, -0.1) is 0 Å². The smallest absolute Gasteiger partial charge is 0.416 e. The maximum absolute atomic E-state index is 12.7. The van der Waals surface area contributed by atoms with Gasteiger partial charge in [-0.25, -0.2) is 8.42 Å². The molecule has 0 aromatic heterocycles. The van der Waals surface area contributed by atoms with Crippen LogP contribution in [0.1, 0.15) is 30.9 Å². The Morgan fingerprint density at radius 1 is 1.30 bits per heavy atom. The highest BCUT2D eigenvalue weighted by atomic mass is 32.2. The second-order valence-electron chi connectivity index (χ2n) is 5.07.